The van der Waals surface area contributed by atoms with E-state index in [1.807, 2.05) is 37.3 Å². The molecule has 2 aromatic rings. The number of aromatic nitrogens is 2. The fraction of sp³-hybridized carbons (Fsp3) is 0.231. The maximum absolute atomic E-state index is 9.68. The Kier molecular flexibility index (Phi) is 3.87. The predicted molar refractivity (Wildman–Crippen MR) is 76.0 cm³/mol. The molecule has 0 aliphatic carbocycles. The number of rotatable bonds is 4. The maximum Gasteiger partial charge on any atom is 0.151 e. The van der Waals surface area contributed by atoms with E-state index in [2.05, 4.69) is 15.3 Å². The zero-order valence-corrected chi connectivity index (χ0v) is 11.2. The number of hydrogen-bond donors (Lipinski definition) is 3. The highest BCUT2D eigenvalue weighted by Gasteiger charge is 2.27. The zero-order chi connectivity index (χ0) is 13.9. The van der Waals surface area contributed by atoms with Gasteiger partial charge in [0.15, 0.2) is 5.82 Å². The highest BCUT2D eigenvalue weighted by Crippen LogP contribution is 2.30. The Morgan fingerprint density at radius 1 is 1.32 bits per heavy atom. The van der Waals surface area contributed by atoms with Crippen molar-refractivity contribution in [2.75, 3.05) is 17.7 Å². The first-order valence-electron chi connectivity index (χ1n) is 5.77. The highest BCUT2D eigenvalue weighted by molar-refractivity contribution is 6.35. The SMILES string of the molecule is CC(CO)(Nc1ncnc(N)c1Cl)c1ccccc1. The lowest BCUT2D eigenvalue weighted by Gasteiger charge is -2.30. The van der Waals surface area contributed by atoms with Gasteiger partial charge in [-0.15, -0.1) is 0 Å². The van der Waals surface area contributed by atoms with Crippen molar-refractivity contribution in [1.29, 1.82) is 0 Å². The van der Waals surface area contributed by atoms with Crippen molar-refractivity contribution in [3.63, 3.8) is 0 Å². The second-order valence-corrected chi connectivity index (χ2v) is 4.78. The molecule has 0 fully saturated rings. The largest absolute Gasteiger partial charge is 0.394 e. The average Bonchev–Trinajstić information content (AvgIpc) is 2.45. The summed E-state index contributed by atoms with van der Waals surface area (Å²) in [4.78, 5) is 7.85. The van der Waals surface area contributed by atoms with Crippen molar-refractivity contribution in [2.45, 2.75) is 12.5 Å². The van der Waals surface area contributed by atoms with Gasteiger partial charge in [0.1, 0.15) is 17.2 Å². The molecule has 0 amide bonds. The molecule has 0 aliphatic rings. The van der Waals surface area contributed by atoms with Crippen molar-refractivity contribution in [3.05, 3.63) is 47.2 Å². The zero-order valence-electron chi connectivity index (χ0n) is 10.5. The smallest absolute Gasteiger partial charge is 0.151 e. The van der Waals surface area contributed by atoms with Crippen LogP contribution in [-0.4, -0.2) is 21.7 Å². The quantitative estimate of drug-likeness (QED) is 0.797. The lowest BCUT2D eigenvalue weighted by molar-refractivity contribution is 0.223. The molecule has 5 nitrogen and oxygen atoms in total. The van der Waals surface area contributed by atoms with Gasteiger partial charge < -0.3 is 16.2 Å². The molecule has 100 valence electrons. The molecule has 1 heterocycles. The molecular formula is C13H15ClN4O. The van der Waals surface area contributed by atoms with Crippen molar-refractivity contribution in [2.24, 2.45) is 0 Å². The molecule has 1 atom stereocenters. The van der Waals surface area contributed by atoms with Gasteiger partial charge in [0.05, 0.1) is 12.1 Å². The van der Waals surface area contributed by atoms with E-state index >= 15 is 0 Å². The van der Waals surface area contributed by atoms with Gasteiger partial charge in [-0.2, -0.15) is 0 Å². The molecule has 6 heteroatoms. The molecular weight excluding hydrogens is 264 g/mol. The average molecular weight is 279 g/mol. The van der Waals surface area contributed by atoms with E-state index in [1.54, 1.807) is 0 Å². The first kappa shape index (κ1) is 13.6. The summed E-state index contributed by atoms with van der Waals surface area (Å²) >= 11 is 6.05. The number of nitrogens with two attached hydrogens (primary N) is 1. The third-order valence-corrected chi connectivity index (χ3v) is 3.31. The van der Waals surface area contributed by atoms with Crippen LogP contribution in [0, 0.1) is 0 Å². The number of nitrogens with one attached hydrogen (secondary N) is 1. The molecule has 0 aliphatic heterocycles. The van der Waals surface area contributed by atoms with E-state index < -0.39 is 5.54 Å². The Labute approximate surface area is 116 Å². The number of hydrogen-bond acceptors (Lipinski definition) is 5. The summed E-state index contributed by atoms with van der Waals surface area (Å²) in [5.41, 5.74) is 5.85. The van der Waals surface area contributed by atoms with E-state index in [4.69, 9.17) is 17.3 Å². The number of nitrogen functional groups attached to an aromatic ring is 1. The van der Waals surface area contributed by atoms with Crippen LogP contribution in [0.25, 0.3) is 0 Å². The van der Waals surface area contributed by atoms with E-state index in [9.17, 15) is 5.11 Å². The van der Waals surface area contributed by atoms with Crippen LogP contribution in [-0.2, 0) is 5.54 Å². The van der Waals surface area contributed by atoms with Gasteiger partial charge in [-0.25, -0.2) is 9.97 Å². The van der Waals surface area contributed by atoms with Gasteiger partial charge >= 0.3 is 0 Å². The van der Waals surface area contributed by atoms with Gasteiger partial charge in [-0.05, 0) is 12.5 Å². The van der Waals surface area contributed by atoms with Crippen molar-refractivity contribution in [1.82, 2.24) is 9.97 Å². The Hall–Kier alpha value is -1.85. The standard InChI is InChI=1S/C13H15ClN4O/c1-13(7-19,9-5-3-2-4-6-9)18-12-10(14)11(15)16-8-17-12/h2-6,8,19H,7H2,1H3,(H3,15,16,17,18). The molecule has 0 radical (unpaired) electrons. The van der Waals surface area contributed by atoms with Gasteiger partial charge in [0.25, 0.3) is 0 Å². The predicted octanol–water partition coefficient (Wildman–Crippen LogP) is 2.03. The summed E-state index contributed by atoms with van der Waals surface area (Å²) in [6.45, 7) is 1.74. The lowest BCUT2D eigenvalue weighted by Crippen LogP contribution is -2.36. The normalized spacial score (nSPS) is 13.8. The molecule has 19 heavy (non-hydrogen) atoms. The molecule has 1 unspecified atom stereocenters. The van der Waals surface area contributed by atoms with Crippen LogP contribution in [0.4, 0.5) is 11.6 Å². The van der Waals surface area contributed by atoms with Gasteiger partial charge in [-0.3, -0.25) is 0 Å². The van der Waals surface area contributed by atoms with E-state index in [1.165, 1.54) is 6.33 Å². The van der Waals surface area contributed by atoms with Crippen LogP contribution in [0.3, 0.4) is 0 Å². The minimum Gasteiger partial charge on any atom is -0.394 e. The van der Waals surface area contributed by atoms with E-state index in [0.717, 1.165) is 5.56 Å². The Morgan fingerprint density at radius 3 is 2.63 bits per heavy atom. The monoisotopic (exact) mass is 278 g/mol. The van der Waals surface area contributed by atoms with Gasteiger partial charge in [-0.1, -0.05) is 41.9 Å². The van der Waals surface area contributed by atoms with Gasteiger partial charge in [0, 0.05) is 0 Å². The van der Waals surface area contributed by atoms with E-state index in [-0.39, 0.29) is 17.4 Å². The first-order chi connectivity index (χ1) is 9.07. The molecule has 0 spiro atoms. The van der Waals surface area contributed by atoms with Crippen LogP contribution in [0.1, 0.15) is 12.5 Å². The minimum absolute atomic E-state index is 0.114. The molecule has 2 rings (SSSR count). The van der Waals surface area contributed by atoms with Crippen LogP contribution < -0.4 is 11.1 Å². The summed E-state index contributed by atoms with van der Waals surface area (Å²) in [5.74, 6) is 0.599. The molecule has 0 saturated carbocycles. The number of aliphatic hydroxyl groups excluding tert-OH is 1. The topological polar surface area (TPSA) is 84.1 Å². The first-order valence-corrected chi connectivity index (χ1v) is 6.15. The number of halogens is 1. The Morgan fingerprint density at radius 2 is 2.00 bits per heavy atom. The third kappa shape index (κ3) is 2.77. The molecule has 1 aromatic carbocycles. The number of aliphatic hydroxyl groups is 1. The number of nitrogens with zero attached hydrogens (tertiary/aromatic N) is 2. The maximum atomic E-state index is 9.68. The third-order valence-electron chi connectivity index (χ3n) is 2.94. The highest BCUT2D eigenvalue weighted by atomic mass is 35.5. The Bertz CT molecular complexity index is 564. The van der Waals surface area contributed by atoms with Crippen molar-refractivity contribution >= 4 is 23.2 Å². The second-order valence-electron chi connectivity index (χ2n) is 4.40. The second kappa shape index (κ2) is 5.42. The molecule has 0 saturated heterocycles. The Balaban J connectivity index is 2.36. The van der Waals surface area contributed by atoms with Gasteiger partial charge in [0.2, 0.25) is 0 Å². The fourth-order valence-electron chi connectivity index (χ4n) is 1.74. The summed E-state index contributed by atoms with van der Waals surface area (Å²) in [7, 11) is 0. The minimum atomic E-state index is -0.703. The fourth-order valence-corrected chi connectivity index (χ4v) is 1.89. The summed E-state index contributed by atoms with van der Waals surface area (Å²) in [6, 6.07) is 9.56. The summed E-state index contributed by atoms with van der Waals surface area (Å²) in [5, 5.41) is 13.0. The van der Waals surface area contributed by atoms with Crippen LogP contribution in [0.15, 0.2) is 36.7 Å². The van der Waals surface area contributed by atoms with Crippen LogP contribution in [0.2, 0.25) is 5.02 Å². The summed E-state index contributed by atoms with van der Waals surface area (Å²) in [6.07, 6.45) is 1.33. The summed E-state index contributed by atoms with van der Waals surface area (Å²) < 4.78 is 0. The molecule has 4 N–H and O–H groups in total. The lowest BCUT2D eigenvalue weighted by atomic mass is 9.93. The van der Waals surface area contributed by atoms with E-state index in [0.29, 0.717) is 5.82 Å². The number of benzene rings is 1. The number of anilines is 2. The van der Waals surface area contributed by atoms with Crippen molar-refractivity contribution in [3.8, 4) is 0 Å². The van der Waals surface area contributed by atoms with Crippen LogP contribution in [0.5, 0.6) is 0 Å². The molecule has 1 aromatic heterocycles. The molecule has 0 bridgehead atoms. The van der Waals surface area contributed by atoms with Crippen molar-refractivity contribution < 1.29 is 5.11 Å². The van der Waals surface area contributed by atoms with Crippen LogP contribution >= 0.6 is 11.6 Å².